The molecule has 1 aromatic carbocycles. The molecule has 0 aliphatic carbocycles. The molecule has 6 heteroatoms. The van der Waals surface area contributed by atoms with E-state index in [4.69, 9.17) is 27.6 Å². The molecule has 0 aliphatic heterocycles. The predicted molar refractivity (Wildman–Crippen MR) is 59.0 cm³/mol. The van der Waals surface area contributed by atoms with Gasteiger partial charge in [0.05, 0.1) is 10.6 Å². The first-order valence-corrected chi connectivity index (χ1v) is 5.32. The topological polar surface area (TPSA) is 38.9 Å². The van der Waals surface area contributed by atoms with Gasteiger partial charge in [-0.25, -0.2) is 4.39 Å². The van der Waals surface area contributed by atoms with Crippen LogP contribution in [0, 0.1) is 5.82 Å². The number of alkyl halides is 1. The fourth-order valence-corrected chi connectivity index (χ4v) is 1.50. The summed E-state index contributed by atoms with van der Waals surface area (Å²) in [5.41, 5.74) is 0.485. The zero-order valence-corrected chi connectivity index (χ0v) is 9.76. The van der Waals surface area contributed by atoms with Crippen LogP contribution in [0.5, 0.6) is 0 Å². The maximum atomic E-state index is 12.8. The molecular weight excluding hydrogens is 254 g/mol. The van der Waals surface area contributed by atoms with Crippen molar-refractivity contribution in [1.82, 2.24) is 10.2 Å². The average molecular weight is 261 g/mol. The largest absolute Gasteiger partial charge is 0.419 e. The first-order chi connectivity index (χ1) is 7.58. The van der Waals surface area contributed by atoms with E-state index in [1.807, 2.05) is 0 Å². The molecule has 2 aromatic rings. The van der Waals surface area contributed by atoms with Crippen molar-refractivity contribution in [3.8, 4) is 11.5 Å². The van der Waals surface area contributed by atoms with Gasteiger partial charge in [-0.2, -0.15) is 0 Å². The quantitative estimate of drug-likeness (QED) is 0.771. The lowest BCUT2D eigenvalue weighted by atomic mass is 10.2. The van der Waals surface area contributed by atoms with E-state index >= 15 is 0 Å². The van der Waals surface area contributed by atoms with Crippen molar-refractivity contribution >= 4 is 23.2 Å². The molecule has 0 bridgehead atoms. The van der Waals surface area contributed by atoms with Gasteiger partial charge in [0, 0.05) is 0 Å². The standard InChI is InChI=1S/C10H7Cl2FN2O/c1-5(11)9-14-15-10(16-9)7-3-2-6(13)4-8(7)12/h2-5H,1H3. The van der Waals surface area contributed by atoms with Crippen molar-refractivity contribution in [2.75, 3.05) is 0 Å². The number of hydrogen-bond acceptors (Lipinski definition) is 3. The van der Waals surface area contributed by atoms with E-state index in [1.54, 1.807) is 6.92 Å². The van der Waals surface area contributed by atoms with Gasteiger partial charge in [0.15, 0.2) is 0 Å². The molecule has 84 valence electrons. The van der Waals surface area contributed by atoms with Crippen LogP contribution in [0.15, 0.2) is 22.6 Å². The Morgan fingerprint density at radius 1 is 1.38 bits per heavy atom. The van der Waals surface area contributed by atoms with Crippen molar-refractivity contribution in [3.63, 3.8) is 0 Å². The van der Waals surface area contributed by atoms with Crippen molar-refractivity contribution in [2.45, 2.75) is 12.3 Å². The lowest BCUT2D eigenvalue weighted by Gasteiger charge is -1.98. The van der Waals surface area contributed by atoms with Crippen LogP contribution in [0.2, 0.25) is 5.02 Å². The Kier molecular flexibility index (Phi) is 3.12. The number of hydrogen-bond donors (Lipinski definition) is 0. The minimum atomic E-state index is -0.417. The number of benzene rings is 1. The van der Waals surface area contributed by atoms with E-state index in [-0.39, 0.29) is 16.3 Å². The summed E-state index contributed by atoms with van der Waals surface area (Å²) in [4.78, 5) is 0. The fraction of sp³-hybridized carbons (Fsp3) is 0.200. The first-order valence-electron chi connectivity index (χ1n) is 4.51. The van der Waals surface area contributed by atoms with Gasteiger partial charge in [-0.15, -0.1) is 21.8 Å². The second-order valence-electron chi connectivity index (χ2n) is 3.19. The summed E-state index contributed by atoms with van der Waals surface area (Å²) < 4.78 is 18.1. The second-order valence-corrected chi connectivity index (χ2v) is 4.25. The van der Waals surface area contributed by atoms with Crippen molar-refractivity contribution in [1.29, 1.82) is 0 Å². The SMILES string of the molecule is CC(Cl)c1nnc(-c2ccc(F)cc2Cl)o1. The van der Waals surface area contributed by atoms with Crippen molar-refractivity contribution in [2.24, 2.45) is 0 Å². The molecule has 1 aromatic heterocycles. The van der Waals surface area contributed by atoms with E-state index in [9.17, 15) is 4.39 Å². The molecule has 1 unspecified atom stereocenters. The van der Waals surface area contributed by atoms with Crippen LogP contribution in [0.4, 0.5) is 4.39 Å². The van der Waals surface area contributed by atoms with Crippen LogP contribution in [0.25, 0.3) is 11.5 Å². The minimum absolute atomic E-state index is 0.220. The van der Waals surface area contributed by atoms with Gasteiger partial charge in [0.2, 0.25) is 11.8 Å². The summed E-state index contributed by atoms with van der Waals surface area (Å²) in [6, 6.07) is 3.94. The first kappa shape index (κ1) is 11.4. The summed E-state index contributed by atoms with van der Waals surface area (Å²) in [6.07, 6.45) is 0. The molecule has 0 amide bonds. The lowest BCUT2D eigenvalue weighted by Crippen LogP contribution is -1.82. The average Bonchev–Trinajstić information content (AvgIpc) is 2.66. The van der Waals surface area contributed by atoms with Crippen LogP contribution in [-0.2, 0) is 0 Å². The molecule has 1 atom stereocenters. The highest BCUT2D eigenvalue weighted by molar-refractivity contribution is 6.33. The van der Waals surface area contributed by atoms with E-state index in [2.05, 4.69) is 10.2 Å². The molecule has 3 nitrogen and oxygen atoms in total. The molecule has 0 N–H and O–H groups in total. The number of nitrogens with zero attached hydrogens (tertiary/aromatic N) is 2. The van der Waals surface area contributed by atoms with Gasteiger partial charge in [-0.1, -0.05) is 11.6 Å². The van der Waals surface area contributed by atoms with Crippen molar-refractivity contribution in [3.05, 3.63) is 34.9 Å². The highest BCUT2D eigenvalue weighted by atomic mass is 35.5. The van der Waals surface area contributed by atoms with E-state index in [0.717, 1.165) is 0 Å². The Hall–Kier alpha value is -1.13. The van der Waals surface area contributed by atoms with Crippen LogP contribution in [0.1, 0.15) is 18.2 Å². The molecular formula is C10H7Cl2FN2O. The Bertz CT molecular complexity index is 513. The number of halogens is 3. The van der Waals surface area contributed by atoms with Gasteiger partial charge >= 0.3 is 0 Å². The zero-order valence-electron chi connectivity index (χ0n) is 8.25. The maximum absolute atomic E-state index is 12.8. The summed E-state index contributed by atoms with van der Waals surface area (Å²) in [6.45, 7) is 1.71. The maximum Gasteiger partial charge on any atom is 0.249 e. The third-order valence-electron chi connectivity index (χ3n) is 1.94. The smallest absolute Gasteiger partial charge is 0.249 e. The second kappa shape index (κ2) is 4.39. The fourth-order valence-electron chi connectivity index (χ4n) is 1.17. The minimum Gasteiger partial charge on any atom is -0.419 e. The van der Waals surface area contributed by atoms with Gasteiger partial charge in [-0.3, -0.25) is 0 Å². The van der Waals surface area contributed by atoms with Gasteiger partial charge in [0.1, 0.15) is 11.2 Å². The monoisotopic (exact) mass is 260 g/mol. The Morgan fingerprint density at radius 3 is 2.69 bits per heavy atom. The molecule has 0 spiro atoms. The molecule has 0 saturated heterocycles. The van der Waals surface area contributed by atoms with E-state index in [0.29, 0.717) is 11.5 Å². The van der Waals surface area contributed by atoms with Gasteiger partial charge in [0.25, 0.3) is 0 Å². The van der Waals surface area contributed by atoms with Crippen LogP contribution in [-0.4, -0.2) is 10.2 Å². The van der Waals surface area contributed by atoms with Crippen LogP contribution >= 0.6 is 23.2 Å². The van der Waals surface area contributed by atoms with Gasteiger partial charge < -0.3 is 4.42 Å². The zero-order chi connectivity index (χ0) is 11.7. The summed E-state index contributed by atoms with van der Waals surface area (Å²) in [5.74, 6) is 0.115. The predicted octanol–water partition coefficient (Wildman–Crippen LogP) is 3.83. The third kappa shape index (κ3) is 2.18. The molecule has 0 saturated carbocycles. The number of rotatable bonds is 2. The summed E-state index contributed by atoms with van der Waals surface area (Å²) in [5, 5.41) is 7.39. The Labute approximate surface area is 101 Å². The Morgan fingerprint density at radius 2 is 2.12 bits per heavy atom. The van der Waals surface area contributed by atoms with Gasteiger partial charge in [-0.05, 0) is 25.1 Å². The Balaban J connectivity index is 2.42. The third-order valence-corrected chi connectivity index (χ3v) is 2.44. The van der Waals surface area contributed by atoms with Crippen LogP contribution < -0.4 is 0 Å². The normalized spacial score (nSPS) is 12.8. The van der Waals surface area contributed by atoms with Crippen molar-refractivity contribution < 1.29 is 8.81 Å². The van der Waals surface area contributed by atoms with Crippen LogP contribution in [0.3, 0.4) is 0 Å². The summed E-state index contributed by atoms with van der Waals surface area (Å²) in [7, 11) is 0. The molecule has 0 radical (unpaired) electrons. The van der Waals surface area contributed by atoms with E-state index < -0.39 is 5.82 Å². The molecule has 0 fully saturated rings. The highest BCUT2D eigenvalue weighted by Crippen LogP contribution is 2.29. The highest BCUT2D eigenvalue weighted by Gasteiger charge is 2.15. The van der Waals surface area contributed by atoms with E-state index in [1.165, 1.54) is 18.2 Å². The lowest BCUT2D eigenvalue weighted by molar-refractivity contribution is 0.507. The summed E-state index contributed by atoms with van der Waals surface area (Å²) >= 11 is 11.6. The number of aromatic nitrogens is 2. The molecule has 16 heavy (non-hydrogen) atoms. The molecule has 2 rings (SSSR count). The molecule has 1 heterocycles. The molecule has 0 aliphatic rings.